The van der Waals surface area contributed by atoms with E-state index in [-0.39, 0.29) is 28.2 Å². The summed E-state index contributed by atoms with van der Waals surface area (Å²) in [6.07, 6.45) is 7.16. The highest BCUT2D eigenvalue weighted by atomic mass is 35.5. The molecule has 1 aromatic heterocycles. The molecule has 0 saturated heterocycles. The fourth-order valence-corrected chi connectivity index (χ4v) is 4.89. The fourth-order valence-electron chi connectivity index (χ4n) is 4.44. The summed E-state index contributed by atoms with van der Waals surface area (Å²) in [5.74, 6) is -0.202. The fraction of sp³-hybridized carbons (Fsp3) is 0.320. The van der Waals surface area contributed by atoms with Gasteiger partial charge in [0.25, 0.3) is 11.6 Å². The summed E-state index contributed by atoms with van der Waals surface area (Å²) in [5, 5.41) is 11.9. The van der Waals surface area contributed by atoms with Crippen LogP contribution in [0.5, 0.6) is 0 Å². The molecule has 172 valence electrons. The van der Waals surface area contributed by atoms with Crippen molar-refractivity contribution in [3.05, 3.63) is 97.8 Å². The second-order valence-corrected chi connectivity index (χ2v) is 9.18. The van der Waals surface area contributed by atoms with E-state index in [0.29, 0.717) is 18.1 Å². The summed E-state index contributed by atoms with van der Waals surface area (Å²) in [7, 11) is 0. The molecule has 33 heavy (non-hydrogen) atoms. The molecule has 3 aromatic rings. The summed E-state index contributed by atoms with van der Waals surface area (Å²) < 4.78 is 2.10. The molecule has 1 aliphatic carbocycles. The second kappa shape index (κ2) is 10.4. The van der Waals surface area contributed by atoms with Gasteiger partial charge in [0, 0.05) is 41.6 Å². The Labute approximate surface area is 202 Å². The topological polar surface area (TPSA) is 68.4 Å². The van der Waals surface area contributed by atoms with Crippen LogP contribution in [0.2, 0.25) is 10.0 Å². The van der Waals surface area contributed by atoms with E-state index in [1.54, 1.807) is 0 Å². The molecule has 1 heterocycles. The van der Waals surface area contributed by atoms with E-state index in [4.69, 9.17) is 23.2 Å². The predicted octanol–water partition coefficient (Wildman–Crippen LogP) is 6.73. The van der Waals surface area contributed by atoms with Gasteiger partial charge in [-0.3, -0.25) is 14.9 Å². The van der Waals surface area contributed by atoms with Crippen molar-refractivity contribution in [3.63, 3.8) is 0 Å². The normalized spacial score (nSPS) is 14.2. The van der Waals surface area contributed by atoms with Crippen LogP contribution in [0.3, 0.4) is 0 Å². The monoisotopic (exact) mass is 485 g/mol. The SMILES string of the molecule is O=C(c1ccc([N+](=O)[O-])cc1Cl)N(Cc1cccn1Cc1ccccc1Cl)C1CCCCC1. The first-order valence-corrected chi connectivity index (χ1v) is 11.8. The van der Waals surface area contributed by atoms with Crippen LogP contribution < -0.4 is 0 Å². The first kappa shape index (κ1) is 23.3. The maximum atomic E-state index is 13.6. The number of rotatable bonds is 7. The van der Waals surface area contributed by atoms with Gasteiger partial charge in [-0.15, -0.1) is 0 Å². The third kappa shape index (κ3) is 5.40. The van der Waals surface area contributed by atoms with Crippen molar-refractivity contribution < 1.29 is 9.72 Å². The molecule has 8 heteroatoms. The lowest BCUT2D eigenvalue weighted by molar-refractivity contribution is -0.384. The van der Waals surface area contributed by atoms with Crippen molar-refractivity contribution in [2.24, 2.45) is 0 Å². The maximum Gasteiger partial charge on any atom is 0.270 e. The molecule has 1 fully saturated rings. The molecule has 0 N–H and O–H groups in total. The second-order valence-electron chi connectivity index (χ2n) is 8.36. The van der Waals surface area contributed by atoms with Crippen LogP contribution in [0.4, 0.5) is 5.69 Å². The first-order valence-electron chi connectivity index (χ1n) is 11.1. The molecule has 0 spiro atoms. The summed E-state index contributed by atoms with van der Waals surface area (Å²) in [6, 6.07) is 15.8. The van der Waals surface area contributed by atoms with E-state index in [2.05, 4.69) is 4.57 Å². The van der Waals surface area contributed by atoms with Gasteiger partial charge in [-0.25, -0.2) is 0 Å². The summed E-state index contributed by atoms with van der Waals surface area (Å²) >= 11 is 12.7. The molecule has 4 rings (SSSR count). The first-order chi connectivity index (χ1) is 15.9. The lowest BCUT2D eigenvalue weighted by atomic mass is 9.93. The Hall–Kier alpha value is -2.83. The van der Waals surface area contributed by atoms with Gasteiger partial charge in [0.1, 0.15) is 0 Å². The van der Waals surface area contributed by atoms with Crippen molar-refractivity contribution in [1.82, 2.24) is 9.47 Å². The van der Waals surface area contributed by atoms with Crippen molar-refractivity contribution in [2.45, 2.75) is 51.2 Å². The van der Waals surface area contributed by atoms with Gasteiger partial charge in [0.15, 0.2) is 0 Å². The Balaban J connectivity index is 1.63. The average molecular weight is 486 g/mol. The highest BCUT2D eigenvalue weighted by molar-refractivity contribution is 6.34. The summed E-state index contributed by atoms with van der Waals surface area (Å²) in [4.78, 5) is 26.1. The van der Waals surface area contributed by atoms with Gasteiger partial charge in [0.05, 0.1) is 22.1 Å². The van der Waals surface area contributed by atoms with E-state index < -0.39 is 4.92 Å². The lowest BCUT2D eigenvalue weighted by Crippen LogP contribution is -2.41. The van der Waals surface area contributed by atoms with Crippen molar-refractivity contribution in [2.75, 3.05) is 0 Å². The molecule has 0 aliphatic heterocycles. The largest absolute Gasteiger partial charge is 0.345 e. The molecule has 0 unspecified atom stereocenters. The van der Waals surface area contributed by atoms with Crippen LogP contribution in [0, 0.1) is 10.1 Å². The number of amides is 1. The highest BCUT2D eigenvalue weighted by Gasteiger charge is 2.29. The Morgan fingerprint density at radius 3 is 2.48 bits per heavy atom. The minimum Gasteiger partial charge on any atom is -0.345 e. The highest BCUT2D eigenvalue weighted by Crippen LogP contribution is 2.29. The summed E-state index contributed by atoms with van der Waals surface area (Å²) in [6.45, 7) is 1.03. The smallest absolute Gasteiger partial charge is 0.270 e. The van der Waals surface area contributed by atoms with Crippen molar-refractivity contribution in [1.29, 1.82) is 0 Å². The third-order valence-corrected chi connectivity index (χ3v) is 6.91. The van der Waals surface area contributed by atoms with E-state index >= 15 is 0 Å². The predicted molar refractivity (Wildman–Crippen MR) is 130 cm³/mol. The number of hydrogen-bond donors (Lipinski definition) is 0. The lowest BCUT2D eigenvalue weighted by Gasteiger charge is -2.35. The van der Waals surface area contributed by atoms with Gasteiger partial charge in [-0.05, 0) is 42.7 Å². The van der Waals surface area contributed by atoms with E-state index in [1.807, 2.05) is 47.5 Å². The third-order valence-electron chi connectivity index (χ3n) is 6.22. The Bertz CT molecular complexity index is 1160. The minimum atomic E-state index is -0.513. The number of halogens is 2. The van der Waals surface area contributed by atoms with E-state index in [1.165, 1.54) is 24.6 Å². The number of hydrogen-bond acceptors (Lipinski definition) is 3. The van der Waals surface area contributed by atoms with Gasteiger partial charge >= 0.3 is 0 Å². The van der Waals surface area contributed by atoms with Crippen molar-refractivity contribution in [3.8, 4) is 0 Å². The quantitative estimate of drug-likeness (QED) is 0.275. The number of carbonyl (C=O) groups excluding carboxylic acids is 1. The van der Waals surface area contributed by atoms with Crippen LogP contribution in [-0.2, 0) is 13.1 Å². The van der Waals surface area contributed by atoms with E-state index in [0.717, 1.165) is 36.9 Å². The molecule has 6 nitrogen and oxygen atoms in total. The van der Waals surface area contributed by atoms with Crippen LogP contribution in [0.1, 0.15) is 53.7 Å². The maximum absolute atomic E-state index is 13.6. The van der Waals surface area contributed by atoms with Crippen LogP contribution in [-0.4, -0.2) is 26.3 Å². The van der Waals surface area contributed by atoms with Crippen LogP contribution in [0.15, 0.2) is 60.8 Å². The summed E-state index contributed by atoms with van der Waals surface area (Å²) in [5.41, 5.74) is 2.16. The number of carbonyl (C=O) groups is 1. The molecule has 0 radical (unpaired) electrons. The Morgan fingerprint density at radius 2 is 1.79 bits per heavy atom. The molecule has 2 aromatic carbocycles. The van der Waals surface area contributed by atoms with Crippen LogP contribution >= 0.6 is 23.2 Å². The zero-order valence-corrected chi connectivity index (χ0v) is 19.6. The van der Waals surface area contributed by atoms with Gasteiger partial charge < -0.3 is 9.47 Å². The minimum absolute atomic E-state index is 0.0983. The molecule has 0 bridgehead atoms. The van der Waals surface area contributed by atoms with Crippen LogP contribution in [0.25, 0.3) is 0 Å². The molecule has 0 atom stereocenters. The number of nitrogens with zero attached hydrogens (tertiary/aromatic N) is 3. The Kier molecular flexibility index (Phi) is 7.36. The number of nitro benzene ring substituents is 1. The van der Waals surface area contributed by atoms with Crippen molar-refractivity contribution >= 4 is 34.8 Å². The number of benzene rings is 2. The van der Waals surface area contributed by atoms with Gasteiger partial charge in [-0.1, -0.05) is 60.7 Å². The standard InChI is InChI=1S/C25H25Cl2N3O3/c26-23-11-5-4-7-18(23)16-28-14-6-10-21(28)17-29(19-8-2-1-3-9-19)25(31)22-13-12-20(30(32)33)15-24(22)27/h4-7,10-15,19H,1-3,8-9,16-17H2. The average Bonchev–Trinajstić information content (AvgIpc) is 3.25. The molecular weight excluding hydrogens is 461 g/mol. The molecule has 1 amide bonds. The number of nitro groups is 1. The zero-order chi connectivity index (χ0) is 23.4. The van der Waals surface area contributed by atoms with E-state index in [9.17, 15) is 14.9 Å². The van der Waals surface area contributed by atoms with Gasteiger partial charge in [0.2, 0.25) is 0 Å². The number of non-ortho nitro benzene ring substituents is 1. The number of aromatic nitrogens is 1. The molecule has 1 aliphatic rings. The Morgan fingerprint density at radius 1 is 1.03 bits per heavy atom. The molecule has 1 saturated carbocycles. The zero-order valence-electron chi connectivity index (χ0n) is 18.1. The van der Waals surface area contributed by atoms with Gasteiger partial charge in [-0.2, -0.15) is 0 Å². The molecular formula is C25H25Cl2N3O3.